The number of pyridine rings is 1. The van der Waals surface area contributed by atoms with E-state index < -0.39 is 0 Å². The fourth-order valence-electron chi connectivity index (χ4n) is 2.61. The molecule has 1 unspecified atom stereocenters. The lowest BCUT2D eigenvalue weighted by Gasteiger charge is -2.25. The zero-order chi connectivity index (χ0) is 13.9. The van der Waals surface area contributed by atoms with Gasteiger partial charge in [-0.15, -0.1) is 0 Å². The maximum Gasteiger partial charge on any atom is 0.127 e. The molecule has 3 N–H and O–H groups in total. The van der Waals surface area contributed by atoms with Gasteiger partial charge in [-0.2, -0.15) is 0 Å². The van der Waals surface area contributed by atoms with Crippen LogP contribution in [0.1, 0.15) is 29.2 Å². The lowest BCUT2D eigenvalue weighted by atomic mass is 9.94. The van der Waals surface area contributed by atoms with Crippen molar-refractivity contribution in [1.29, 1.82) is 0 Å². The Morgan fingerprint density at radius 2 is 2.20 bits per heavy atom. The fourth-order valence-corrected chi connectivity index (χ4v) is 2.84. The van der Waals surface area contributed by atoms with Gasteiger partial charge >= 0.3 is 0 Å². The van der Waals surface area contributed by atoms with Gasteiger partial charge in [-0.3, -0.25) is 10.8 Å². The van der Waals surface area contributed by atoms with Gasteiger partial charge in [0.1, 0.15) is 5.75 Å². The predicted molar refractivity (Wildman–Crippen MR) is 78.7 cm³/mol. The molecule has 0 aliphatic carbocycles. The predicted octanol–water partition coefficient (Wildman–Crippen LogP) is 2.61. The molecule has 2 heterocycles. The molecule has 1 aromatic carbocycles. The van der Waals surface area contributed by atoms with Crippen molar-refractivity contribution in [3.8, 4) is 5.75 Å². The van der Waals surface area contributed by atoms with Crippen molar-refractivity contribution in [2.45, 2.75) is 18.9 Å². The number of benzene rings is 1. The Labute approximate surface area is 122 Å². The van der Waals surface area contributed by atoms with Crippen molar-refractivity contribution in [3.05, 3.63) is 58.4 Å². The molecule has 0 radical (unpaired) electrons. The molecule has 5 heteroatoms. The van der Waals surface area contributed by atoms with E-state index in [-0.39, 0.29) is 6.04 Å². The number of hydrazine groups is 1. The SMILES string of the molecule is NNC(c1ccncc1Cl)c1cccc2c1OCCC2. The maximum absolute atomic E-state index is 6.23. The summed E-state index contributed by atoms with van der Waals surface area (Å²) in [5.41, 5.74) is 5.96. The Morgan fingerprint density at radius 1 is 1.30 bits per heavy atom. The second-order valence-corrected chi connectivity index (χ2v) is 5.19. The minimum absolute atomic E-state index is 0.210. The fraction of sp³-hybridized carbons (Fsp3) is 0.267. The molecular weight excluding hydrogens is 274 g/mol. The number of hydrogen-bond donors (Lipinski definition) is 2. The van der Waals surface area contributed by atoms with Crippen molar-refractivity contribution < 1.29 is 4.74 Å². The highest BCUT2D eigenvalue weighted by Gasteiger charge is 2.23. The zero-order valence-electron chi connectivity index (χ0n) is 11.0. The largest absolute Gasteiger partial charge is 0.493 e. The Balaban J connectivity index is 2.09. The van der Waals surface area contributed by atoms with Gasteiger partial charge in [-0.1, -0.05) is 29.8 Å². The zero-order valence-corrected chi connectivity index (χ0v) is 11.7. The molecule has 4 nitrogen and oxygen atoms in total. The number of nitrogens with one attached hydrogen (secondary N) is 1. The maximum atomic E-state index is 6.23. The van der Waals surface area contributed by atoms with Crippen LogP contribution < -0.4 is 16.0 Å². The monoisotopic (exact) mass is 289 g/mol. The van der Waals surface area contributed by atoms with Gasteiger partial charge in [0, 0.05) is 18.0 Å². The van der Waals surface area contributed by atoms with Crippen molar-refractivity contribution in [3.63, 3.8) is 0 Å². The summed E-state index contributed by atoms with van der Waals surface area (Å²) < 4.78 is 5.84. The van der Waals surface area contributed by atoms with Crippen LogP contribution in [0.3, 0.4) is 0 Å². The summed E-state index contributed by atoms with van der Waals surface area (Å²) in [5, 5.41) is 0.587. The highest BCUT2D eigenvalue weighted by Crippen LogP contribution is 2.36. The van der Waals surface area contributed by atoms with Crippen LogP contribution in [0.15, 0.2) is 36.7 Å². The normalized spacial score (nSPS) is 15.3. The number of hydrogen-bond acceptors (Lipinski definition) is 4. The smallest absolute Gasteiger partial charge is 0.127 e. The molecule has 1 aliphatic rings. The van der Waals surface area contributed by atoms with Crippen LogP contribution in [-0.4, -0.2) is 11.6 Å². The second kappa shape index (κ2) is 5.79. The van der Waals surface area contributed by atoms with Gasteiger partial charge in [0.05, 0.1) is 17.7 Å². The molecule has 20 heavy (non-hydrogen) atoms. The number of halogens is 1. The van der Waals surface area contributed by atoms with Gasteiger partial charge in [0.25, 0.3) is 0 Å². The standard InChI is InChI=1S/C15H16ClN3O/c16-13-9-18-7-6-11(13)14(19-17)12-5-1-3-10-4-2-8-20-15(10)12/h1,3,5-7,9,14,19H,2,4,8,17H2. The third-order valence-corrected chi connectivity index (χ3v) is 3.87. The van der Waals surface area contributed by atoms with Crippen LogP contribution in [0.4, 0.5) is 0 Å². The lowest BCUT2D eigenvalue weighted by Crippen LogP contribution is -2.30. The number of fused-ring (bicyclic) bond motifs is 1. The summed E-state index contributed by atoms with van der Waals surface area (Å²) in [6, 6.07) is 7.81. The van der Waals surface area contributed by atoms with Gasteiger partial charge in [0.2, 0.25) is 0 Å². The van der Waals surface area contributed by atoms with Crippen LogP contribution in [0, 0.1) is 0 Å². The molecule has 104 valence electrons. The summed E-state index contributed by atoms with van der Waals surface area (Å²) in [7, 11) is 0. The highest BCUT2D eigenvalue weighted by atomic mass is 35.5. The van der Waals surface area contributed by atoms with E-state index in [4.69, 9.17) is 22.2 Å². The quantitative estimate of drug-likeness (QED) is 0.673. The van der Waals surface area contributed by atoms with Gasteiger partial charge in [-0.25, -0.2) is 5.43 Å². The average molecular weight is 290 g/mol. The third kappa shape index (κ3) is 2.38. The molecule has 1 aromatic heterocycles. The van der Waals surface area contributed by atoms with E-state index in [0.29, 0.717) is 5.02 Å². The first-order chi connectivity index (χ1) is 9.81. The first kappa shape index (κ1) is 13.4. The first-order valence-corrected chi connectivity index (χ1v) is 6.99. The number of aryl methyl sites for hydroxylation is 1. The summed E-state index contributed by atoms with van der Waals surface area (Å²) in [6.45, 7) is 0.741. The minimum Gasteiger partial charge on any atom is -0.493 e. The molecule has 3 rings (SSSR count). The number of para-hydroxylation sites is 1. The van der Waals surface area contributed by atoms with Crippen LogP contribution in [0.25, 0.3) is 0 Å². The van der Waals surface area contributed by atoms with E-state index >= 15 is 0 Å². The summed E-state index contributed by atoms with van der Waals surface area (Å²) in [6.07, 6.45) is 5.41. The summed E-state index contributed by atoms with van der Waals surface area (Å²) >= 11 is 6.23. The molecule has 0 saturated heterocycles. The van der Waals surface area contributed by atoms with E-state index in [9.17, 15) is 0 Å². The molecule has 0 bridgehead atoms. The second-order valence-electron chi connectivity index (χ2n) is 4.78. The van der Waals surface area contributed by atoms with E-state index in [1.54, 1.807) is 12.4 Å². The van der Waals surface area contributed by atoms with Crippen LogP contribution in [-0.2, 0) is 6.42 Å². The van der Waals surface area contributed by atoms with Crippen molar-refractivity contribution in [2.75, 3.05) is 6.61 Å². The van der Waals surface area contributed by atoms with Crippen molar-refractivity contribution in [2.24, 2.45) is 5.84 Å². The molecule has 0 amide bonds. The van der Waals surface area contributed by atoms with Crippen molar-refractivity contribution in [1.82, 2.24) is 10.4 Å². The molecule has 0 saturated carbocycles. The van der Waals surface area contributed by atoms with E-state index in [1.165, 1.54) is 5.56 Å². The van der Waals surface area contributed by atoms with E-state index in [0.717, 1.165) is 36.3 Å². The lowest BCUT2D eigenvalue weighted by molar-refractivity contribution is 0.283. The minimum atomic E-state index is -0.210. The topological polar surface area (TPSA) is 60.2 Å². The molecule has 2 aromatic rings. The molecule has 1 atom stereocenters. The number of nitrogens with zero attached hydrogens (tertiary/aromatic N) is 1. The van der Waals surface area contributed by atoms with Gasteiger partial charge < -0.3 is 4.74 Å². The van der Waals surface area contributed by atoms with Crippen LogP contribution in [0.5, 0.6) is 5.75 Å². The van der Waals surface area contributed by atoms with E-state index in [1.807, 2.05) is 18.2 Å². The molecule has 0 spiro atoms. The molecule has 0 fully saturated rings. The first-order valence-electron chi connectivity index (χ1n) is 6.61. The van der Waals surface area contributed by atoms with Gasteiger partial charge in [0.15, 0.2) is 0 Å². The molecular formula is C15H16ClN3O. The summed E-state index contributed by atoms with van der Waals surface area (Å²) in [5.74, 6) is 6.68. The number of rotatable bonds is 3. The number of aromatic nitrogens is 1. The average Bonchev–Trinajstić information content (AvgIpc) is 2.50. The Bertz CT molecular complexity index is 618. The Morgan fingerprint density at radius 3 is 3.00 bits per heavy atom. The van der Waals surface area contributed by atoms with Gasteiger partial charge in [-0.05, 0) is 30.0 Å². The van der Waals surface area contributed by atoms with Crippen molar-refractivity contribution >= 4 is 11.6 Å². The molecule has 1 aliphatic heterocycles. The Hall–Kier alpha value is -1.62. The number of ether oxygens (including phenoxy) is 1. The highest BCUT2D eigenvalue weighted by molar-refractivity contribution is 6.31. The van der Waals surface area contributed by atoms with Crippen LogP contribution >= 0.6 is 11.6 Å². The van der Waals surface area contributed by atoms with Crippen LogP contribution in [0.2, 0.25) is 5.02 Å². The number of nitrogens with two attached hydrogens (primary N) is 1. The third-order valence-electron chi connectivity index (χ3n) is 3.56. The van der Waals surface area contributed by atoms with E-state index in [2.05, 4.69) is 16.5 Å². The summed E-state index contributed by atoms with van der Waals surface area (Å²) in [4.78, 5) is 4.01. The Kier molecular flexibility index (Phi) is 3.87.